The lowest BCUT2D eigenvalue weighted by Gasteiger charge is -2.10. The molecule has 1 fully saturated rings. The summed E-state index contributed by atoms with van der Waals surface area (Å²) in [5.41, 5.74) is -4.85. The molecule has 0 spiro atoms. The largest absolute Gasteiger partial charge is 0.534 e. The third-order valence-corrected chi connectivity index (χ3v) is 4.05. The smallest absolute Gasteiger partial charge is 0.376 e. The SMILES string of the molecule is O=S(=O)(Oc1ccc(-c2ncnn2C2CC2)cc1)C(F)(F)F. The third kappa shape index (κ3) is 2.78. The van der Waals surface area contributed by atoms with Crippen molar-refractivity contribution in [2.24, 2.45) is 0 Å². The molecule has 0 atom stereocenters. The van der Waals surface area contributed by atoms with Gasteiger partial charge in [0, 0.05) is 5.56 Å². The Bertz CT molecular complexity index is 780. The van der Waals surface area contributed by atoms with Crippen LogP contribution in [0.2, 0.25) is 0 Å². The molecule has 2 aromatic rings. The van der Waals surface area contributed by atoms with Gasteiger partial charge in [-0.3, -0.25) is 0 Å². The number of halogens is 3. The standard InChI is InChI=1S/C12H10F3N3O3S/c13-12(14,15)22(19,20)21-10-5-1-8(2-6-10)11-16-7-17-18(11)9-3-4-9/h1-2,5-7,9H,3-4H2. The first-order valence-electron chi connectivity index (χ1n) is 6.28. The van der Waals surface area contributed by atoms with E-state index in [4.69, 9.17) is 0 Å². The van der Waals surface area contributed by atoms with Gasteiger partial charge in [0.1, 0.15) is 12.1 Å². The zero-order valence-corrected chi connectivity index (χ0v) is 11.8. The normalized spacial score (nSPS) is 15.8. The summed E-state index contributed by atoms with van der Waals surface area (Å²) < 4.78 is 64.3. The fourth-order valence-electron chi connectivity index (χ4n) is 1.88. The highest BCUT2D eigenvalue weighted by Gasteiger charge is 2.48. The highest BCUT2D eigenvalue weighted by molar-refractivity contribution is 7.87. The van der Waals surface area contributed by atoms with E-state index in [1.54, 1.807) is 4.68 Å². The van der Waals surface area contributed by atoms with Crippen molar-refractivity contribution in [3.8, 4) is 17.1 Å². The van der Waals surface area contributed by atoms with Gasteiger partial charge in [-0.1, -0.05) is 0 Å². The van der Waals surface area contributed by atoms with Gasteiger partial charge >= 0.3 is 15.6 Å². The van der Waals surface area contributed by atoms with Gasteiger partial charge in [0.25, 0.3) is 0 Å². The van der Waals surface area contributed by atoms with E-state index in [-0.39, 0.29) is 0 Å². The summed E-state index contributed by atoms with van der Waals surface area (Å²) in [6.45, 7) is 0. The first-order chi connectivity index (χ1) is 10.3. The molecule has 10 heteroatoms. The maximum absolute atomic E-state index is 12.2. The summed E-state index contributed by atoms with van der Waals surface area (Å²) in [5.74, 6) is 0.159. The van der Waals surface area contributed by atoms with Crippen molar-refractivity contribution in [1.29, 1.82) is 0 Å². The minimum atomic E-state index is -5.66. The van der Waals surface area contributed by atoms with Crippen LogP contribution in [0.5, 0.6) is 5.75 Å². The van der Waals surface area contributed by atoms with Crippen LogP contribution < -0.4 is 4.18 Å². The number of hydrogen-bond acceptors (Lipinski definition) is 5. The van der Waals surface area contributed by atoms with Crippen molar-refractivity contribution in [2.45, 2.75) is 24.4 Å². The van der Waals surface area contributed by atoms with Crippen LogP contribution in [0.15, 0.2) is 30.6 Å². The molecule has 1 aliphatic carbocycles. The molecule has 1 heterocycles. The van der Waals surface area contributed by atoms with Crippen molar-refractivity contribution >= 4 is 10.1 Å². The minimum absolute atomic E-state index is 0.291. The fraction of sp³-hybridized carbons (Fsp3) is 0.333. The van der Waals surface area contributed by atoms with E-state index < -0.39 is 21.4 Å². The van der Waals surface area contributed by atoms with E-state index in [1.807, 2.05) is 0 Å². The van der Waals surface area contributed by atoms with Gasteiger partial charge in [-0.25, -0.2) is 9.67 Å². The van der Waals surface area contributed by atoms with E-state index in [2.05, 4.69) is 14.3 Å². The van der Waals surface area contributed by atoms with Crippen molar-refractivity contribution in [3.63, 3.8) is 0 Å². The molecule has 3 rings (SSSR count). The van der Waals surface area contributed by atoms with Gasteiger partial charge in [0.15, 0.2) is 5.82 Å². The molecule has 1 aromatic heterocycles. The number of rotatable bonds is 4. The Kier molecular flexibility index (Phi) is 3.35. The fourth-order valence-corrected chi connectivity index (χ4v) is 2.34. The Morgan fingerprint density at radius 2 is 1.82 bits per heavy atom. The van der Waals surface area contributed by atoms with E-state index in [9.17, 15) is 21.6 Å². The minimum Gasteiger partial charge on any atom is -0.376 e. The quantitative estimate of drug-likeness (QED) is 0.635. The summed E-state index contributed by atoms with van der Waals surface area (Å²) in [7, 11) is -5.66. The number of nitrogens with zero attached hydrogens (tertiary/aromatic N) is 3. The number of hydrogen-bond donors (Lipinski definition) is 0. The van der Waals surface area contributed by atoms with Crippen molar-refractivity contribution in [2.75, 3.05) is 0 Å². The van der Waals surface area contributed by atoms with Gasteiger partial charge in [-0.05, 0) is 37.1 Å². The molecule has 0 bridgehead atoms. The average molecular weight is 333 g/mol. The molecule has 1 saturated carbocycles. The molecular formula is C12H10F3N3O3S. The Morgan fingerprint density at radius 1 is 1.18 bits per heavy atom. The van der Waals surface area contributed by atoms with Gasteiger partial charge in [-0.15, -0.1) is 0 Å². The van der Waals surface area contributed by atoms with Crippen molar-refractivity contribution in [1.82, 2.24) is 14.8 Å². The lowest BCUT2D eigenvalue weighted by Crippen LogP contribution is -2.28. The average Bonchev–Trinajstić information content (AvgIpc) is 3.16. The first kappa shape index (κ1) is 14.8. The summed E-state index contributed by atoms with van der Waals surface area (Å²) >= 11 is 0. The monoisotopic (exact) mass is 333 g/mol. The van der Waals surface area contributed by atoms with E-state index in [1.165, 1.54) is 18.5 Å². The number of aromatic nitrogens is 3. The first-order valence-corrected chi connectivity index (χ1v) is 7.69. The Morgan fingerprint density at radius 3 is 2.36 bits per heavy atom. The molecule has 0 unspecified atom stereocenters. The zero-order valence-electron chi connectivity index (χ0n) is 11.0. The van der Waals surface area contributed by atoms with Crippen molar-refractivity contribution < 1.29 is 25.8 Å². The Hall–Kier alpha value is -2.10. The zero-order chi connectivity index (χ0) is 16.0. The van der Waals surface area contributed by atoms with E-state index in [0.29, 0.717) is 17.4 Å². The van der Waals surface area contributed by atoms with Crippen LogP contribution in [0.1, 0.15) is 18.9 Å². The predicted octanol–water partition coefficient (Wildman–Crippen LogP) is 2.51. The summed E-state index contributed by atoms with van der Waals surface area (Å²) in [5, 5.41) is 4.10. The second-order valence-corrected chi connectivity index (χ2v) is 6.30. The van der Waals surface area contributed by atoms with E-state index >= 15 is 0 Å². The number of alkyl halides is 3. The van der Waals surface area contributed by atoms with E-state index in [0.717, 1.165) is 25.0 Å². The molecule has 0 saturated heterocycles. The third-order valence-electron chi connectivity index (χ3n) is 3.07. The molecule has 0 amide bonds. The molecule has 0 radical (unpaired) electrons. The van der Waals surface area contributed by atoms with Gasteiger partial charge in [-0.2, -0.15) is 26.7 Å². The summed E-state index contributed by atoms with van der Waals surface area (Å²) in [6.07, 6.45) is 3.40. The Labute approximate surface area is 123 Å². The maximum atomic E-state index is 12.2. The van der Waals surface area contributed by atoms with Crippen LogP contribution in [0.4, 0.5) is 13.2 Å². The highest BCUT2D eigenvalue weighted by atomic mass is 32.2. The van der Waals surface area contributed by atoms with Gasteiger partial charge in [0.05, 0.1) is 6.04 Å². The lowest BCUT2D eigenvalue weighted by molar-refractivity contribution is -0.0500. The molecule has 118 valence electrons. The summed E-state index contributed by atoms with van der Waals surface area (Å²) in [4.78, 5) is 4.10. The van der Waals surface area contributed by atoms with Gasteiger partial charge < -0.3 is 4.18 Å². The second kappa shape index (κ2) is 4.97. The van der Waals surface area contributed by atoms with Crippen LogP contribution in [0.3, 0.4) is 0 Å². The lowest BCUT2D eigenvalue weighted by atomic mass is 10.2. The molecule has 0 aliphatic heterocycles. The summed E-state index contributed by atoms with van der Waals surface area (Å²) in [6, 6.07) is 5.45. The Balaban J connectivity index is 1.83. The topological polar surface area (TPSA) is 74.1 Å². The second-order valence-electron chi connectivity index (χ2n) is 4.77. The molecule has 22 heavy (non-hydrogen) atoms. The predicted molar refractivity (Wildman–Crippen MR) is 69.3 cm³/mol. The number of benzene rings is 1. The van der Waals surface area contributed by atoms with Gasteiger partial charge in [0.2, 0.25) is 0 Å². The maximum Gasteiger partial charge on any atom is 0.534 e. The van der Waals surface area contributed by atoms with Crippen LogP contribution in [0.25, 0.3) is 11.4 Å². The van der Waals surface area contributed by atoms with Crippen LogP contribution in [-0.4, -0.2) is 28.7 Å². The van der Waals surface area contributed by atoms with Crippen LogP contribution in [0, 0.1) is 0 Å². The van der Waals surface area contributed by atoms with Crippen LogP contribution in [-0.2, 0) is 10.1 Å². The van der Waals surface area contributed by atoms with Crippen LogP contribution >= 0.6 is 0 Å². The molecule has 1 aromatic carbocycles. The molecule has 1 aliphatic rings. The molecular weight excluding hydrogens is 323 g/mol. The van der Waals surface area contributed by atoms with Crippen molar-refractivity contribution in [3.05, 3.63) is 30.6 Å². The highest BCUT2D eigenvalue weighted by Crippen LogP contribution is 2.37. The molecule has 0 N–H and O–H groups in total. The molecule has 6 nitrogen and oxygen atoms in total.